The van der Waals surface area contributed by atoms with E-state index in [1.54, 1.807) is 0 Å². The van der Waals surface area contributed by atoms with E-state index in [4.69, 9.17) is 0 Å². The lowest BCUT2D eigenvalue weighted by atomic mass is 10.2. The van der Waals surface area contributed by atoms with E-state index in [1.807, 2.05) is 30.3 Å². The zero-order chi connectivity index (χ0) is 18.8. The Balaban J connectivity index is 1.62. The van der Waals surface area contributed by atoms with Crippen LogP contribution in [0.15, 0.2) is 54.6 Å². The van der Waals surface area contributed by atoms with Gasteiger partial charge in [0.1, 0.15) is 5.82 Å². The summed E-state index contributed by atoms with van der Waals surface area (Å²) in [5.41, 5.74) is 5.06. The van der Waals surface area contributed by atoms with Gasteiger partial charge in [-0.15, -0.1) is 0 Å². The Morgan fingerprint density at radius 1 is 0.846 bits per heavy atom. The normalized spacial score (nSPS) is 9.88. The van der Waals surface area contributed by atoms with Crippen LogP contribution in [0.25, 0.3) is 0 Å². The molecule has 0 fully saturated rings. The van der Waals surface area contributed by atoms with Crippen LogP contribution in [0.4, 0.5) is 9.18 Å². The molecule has 0 unspecified atom stereocenters. The van der Waals surface area contributed by atoms with Gasteiger partial charge in [0, 0.05) is 19.5 Å². The Hall–Kier alpha value is -3.42. The number of nitrogens with one attached hydrogen (secondary N) is 4. The van der Waals surface area contributed by atoms with E-state index in [0.29, 0.717) is 6.54 Å². The van der Waals surface area contributed by atoms with E-state index in [9.17, 15) is 18.8 Å². The third-order valence-electron chi connectivity index (χ3n) is 3.37. The van der Waals surface area contributed by atoms with Gasteiger partial charge in [-0.3, -0.25) is 20.4 Å². The highest BCUT2D eigenvalue weighted by Crippen LogP contribution is 2.05. The number of rotatable bonds is 6. The van der Waals surface area contributed by atoms with Crippen molar-refractivity contribution in [3.63, 3.8) is 0 Å². The summed E-state index contributed by atoms with van der Waals surface area (Å²) in [6.45, 7) is 0.458. The molecule has 0 aliphatic carbocycles. The van der Waals surface area contributed by atoms with Crippen LogP contribution >= 0.6 is 0 Å². The quantitative estimate of drug-likeness (QED) is 0.589. The fraction of sp³-hybridized carbons (Fsp3) is 0.167. The minimum atomic E-state index is -0.759. The molecule has 0 saturated carbocycles. The molecule has 0 aromatic heterocycles. The molecule has 0 heterocycles. The summed E-state index contributed by atoms with van der Waals surface area (Å²) in [7, 11) is 0. The van der Waals surface area contributed by atoms with Crippen LogP contribution in [0, 0.1) is 5.82 Å². The van der Waals surface area contributed by atoms with Crippen molar-refractivity contribution >= 4 is 17.8 Å². The number of carbonyl (C=O) groups is 3. The summed E-state index contributed by atoms with van der Waals surface area (Å²) >= 11 is 0. The van der Waals surface area contributed by atoms with Crippen molar-refractivity contribution in [1.29, 1.82) is 0 Å². The number of amides is 4. The molecule has 0 spiro atoms. The lowest BCUT2D eigenvalue weighted by Gasteiger charge is -2.09. The molecule has 0 radical (unpaired) electrons. The van der Waals surface area contributed by atoms with Gasteiger partial charge in [0.15, 0.2) is 0 Å². The molecule has 4 amide bonds. The lowest BCUT2D eigenvalue weighted by molar-refractivity contribution is -0.121. The first-order valence-electron chi connectivity index (χ1n) is 7.95. The zero-order valence-corrected chi connectivity index (χ0v) is 13.9. The molecule has 7 nitrogen and oxygen atoms in total. The second-order valence-electron chi connectivity index (χ2n) is 5.33. The maximum absolute atomic E-state index is 13.4. The first kappa shape index (κ1) is 18.9. The molecule has 4 N–H and O–H groups in total. The maximum atomic E-state index is 13.4. The molecule has 2 aromatic carbocycles. The highest BCUT2D eigenvalue weighted by molar-refractivity contribution is 5.95. The standard InChI is InChI=1S/C18H19FN4O3/c19-15-9-5-4-8-14(15)17(25)23-22-16(24)10-11-20-18(26)21-12-13-6-2-1-3-7-13/h1-9H,10-12H2,(H,22,24)(H,23,25)(H2,20,21,26). The zero-order valence-electron chi connectivity index (χ0n) is 13.9. The number of halogens is 1. The highest BCUT2D eigenvalue weighted by Gasteiger charge is 2.11. The predicted octanol–water partition coefficient (Wildman–Crippen LogP) is 1.48. The Morgan fingerprint density at radius 3 is 2.27 bits per heavy atom. The lowest BCUT2D eigenvalue weighted by Crippen LogP contribution is -2.43. The minimum Gasteiger partial charge on any atom is -0.338 e. The molecule has 2 rings (SSSR count). The van der Waals surface area contributed by atoms with Crippen molar-refractivity contribution in [2.75, 3.05) is 6.54 Å². The average Bonchev–Trinajstić information content (AvgIpc) is 2.65. The fourth-order valence-electron chi connectivity index (χ4n) is 2.03. The smallest absolute Gasteiger partial charge is 0.315 e. The second kappa shape index (κ2) is 9.77. The van der Waals surface area contributed by atoms with Crippen molar-refractivity contribution in [2.24, 2.45) is 0 Å². The summed E-state index contributed by atoms with van der Waals surface area (Å²) in [6.07, 6.45) is -0.0453. The molecular formula is C18H19FN4O3. The maximum Gasteiger partial charge on any atom is 0.315 e. The Morgan fingerprint density at radius 2 is 1.54 bits per heavy atom. The molecule has 136 valence electrons. The highest BCUT2D eigenvalue weighted by atomic mass is 19.1. The van der Waals surface area contributed by atoms with Crippen LogP contribution in [0.5, 0.6) is 0 Å². The van der Waals surface area contributed by atoms with Crippen LogP contribution in [-0.2, 0) is 11.3 Å². The van der Waals surface area contributed by atoms with Gasteiger partial charge in [-0.2, -0.15) is 0 Å². The van der Waals surface area contributed by atoms with E-state index in [2.05, 4.69) is 21.5 Å². The van der Waals surface area contributed by atoms with Crippen LogP contribution in [-0.4, -0.2) is 24.4 Å². The third kappa shape index (κ3) is 6.23. The van der Waals surface area contributed by atoms with Gasteiger partial charge in [0.2, 0.25) is 5.91 Å². The van der Waals surface area contributed by atoms with Gasteiger partial charge in [-0.1, -0.05) is 42.5 Å². The number of urea groups is 1. The van der Waals surface area contributed by atoms with Crippen molar-refractivity contribution < 1.29 is 18.8 Å². The first-order chi connectivity index (χ1) is 12.6. The number of hydrogen-bond acceptors (Lipinski definition) is 3. The molecule has 0 aliphatic heterocycles. The van der Waals surface area contributed by atoms with Gasteiger partial charge >= 0.3 is 6.03 Å². The van der Waals surface area contributed by atoms with Crippen molar-refractivity contribution in [3.05, 3.63) is 71.5 Å². The fourth-order valence-corrected chi connectivity index (χ4v) is 2.03. The molecular weight excluding hydrogens is 339 g/mol. The van der Waals surface area contributed by atoms with Crippen molar-refractivity contribution in [3.8, 4) is 0 Å². The minimum absolute atomic E-state index is 0.0453. The molecule has 0 saturated heterocycles. The second-order valence-corrected chi connectivity index (χ2v) is 5.33. The summed E-state index contributed by atoms with van der Waals surface area (Å²) in [5.74, 6) is -1.96. The topological polar surface area (TPSA) is 99.3 Å². The Labute approximate surface area is 149 Å². The monoisotopic (exact) mass is 358 g/mol. The van der Waals surface area contributed by atoms with Gasteiger partial charge in [0.05, 0.1) is 5.56 Å². The molecule has 8 heteroatoms. The third-order valence-corrected chi connectivity index (χ3v) is 3.37. The summed E-state index contributed by atoms with van der Waals surface area (Å²) in [6, 6.07) is 14.4. The summed E-state index contributed by atoms with van der Waals surface area (Å²) in [5, 5.41) is 5.19. The molecule has 26 heavy (non-hydrogen) atoms. The van der Waals surface area contributed by atoms with Crippen molar-refractivity contribution in [2.45, 2.75) is 13.0 Å². The van der Waals surface area contributed by atoms with Crippen LogP contribution in [0.3, 0.4) is 0 Å². The predicted molar refractivity (Wildman–Crippen MR) is 93.3 cm³/mol. The average molecular weight is 358 g/mol. The molecule has 0 bridgehead atoms. The number of hydrogen-bond donors (Lipinski definition) is 4. The van der Waals surface area contributed by atoms with Crippen molar-refractivity contribution in [1.82, 2.24) is 21.5 Å². The number of benzene rings is 2. The largest absolute Gasteiger partial charge is 0.338 e. The van der Waals surface area contributed by atoms with Gasteiger partial charge < -0.3 is 10.6 Å². The summed E-state index contributed by atoms with van der Waals surface area (Å²) in [4.78, 5) is 35.0. The Bertz CT molecular complexity index is 768. The number of carbonyl (C=O) groups excluding carboxylic acids is 3. The van der Waals surface area contributed by atoms with Gasteiger partial charge in [0.25, 0.3) is 5.91 Å². The van der Waals surface area contributed by atoms with Gasteiger partial charge in [-0.25, -0.2) is 9.18 Å². The SMILES string of the molecule is O=C(CCNC(=O)NCc1ccccc1)NNC(=O)c1ccccc1F. The van der Waals surface area contributed by atoms with E-state index in [-0.39, 0.29) is 18.5 Å². The van der Waals surface area contributed by atoms with Crippen LogP contribution in [0.2, 0.25) is 0 Å². The van der Waals surface area contributed by atoms with E-state index in [1.165, 1.54) is 18.2 Å². The van der Waals surface area contributed by atoms with E-state index < -0.39 is 23.7 Å². The van der Waals surface area contributed by atoms with Gasteiger partial charge in [-0.05, 0) is 17.7 Å². The first-order valence-corrected chi connectivity index (χ1v) is 7.95. The summed E-state index contributed by atoms with van der Waals surface area (Å²) < 4.78 is 13.4. The molecule has 0 atom stereocenters. The Kier molecular flexibility index (Phi) is 7.11. The van der Waals surface area contributed by atoms with E-state index in [0.717, 1.165) is 11.6 Å². The molecule has 2 aromatic rings. The number of hydrazine groups is 1. The van der Waals surface area contributed by atoms with Crippen LogP contribution < -0.4 is 21.5 Å². The van der Waals surface area contributed by atoms with Crippen LogP contribution in [0.1, 0.15) is 22.3 Å². The van der Waals surface area contributed by atoms with E-state index >= 15 is 0 Å². The molecule has 0 aliphatic rings.